The molecule has 0 atom stereocenters. The summed E-state index contributed by atoms with van der Waals surface area (Å²) in [5, 5.41) is 8.18. The predicted octanol–water partition coefficient (Wildman–Crippen LogP) is 1.92. The standard InChI is InChI=1S/C6H12O/c1-6(2)4-3-5-7/h5,7H,3-4H2,1-2H3. The minimum absolute atomic E-state index is 0.794. The zero-order valence-corrected chi connectivity index (χ0v) is 4.94. The van der Waals surface area contributed by atoms with Crippen molar-refractivity contribution in [2.75, 3.05) is 0 Å². The second-order valence-corrected chi connectivity index (χ2v) is 1.93. The Morgan fingerprint density at radius 3 is 2.29 bits per heavy atom. The van der Waals surface area contributed by atoms with Gasteiger partial charge in [-0.15, -0.1) is 0 Å². The highest BCUT2D eigenvalue weighted by atomic mass is 16.2. The summed E-state index contributed by atoms with van der Waals surface area (Å²) in [5.41, 5.74) is 0. The highest BCUT2D eigenvalue weighted by molar-refractivity contribution is 4.76. The van der Waals surface area contributed by atoms with Crippen LogP contribution in [0.25, 0.3) is 0 Å². The van der Waals surface area contributed by atoms with E-state index in [1.807, 2.05) is 0 Å². The van der Waals surface area contributed by atoms with Gasteiger partial charge in [-0.1, -0.05) is 13.8 Å². The lowest BCUT2D eigenvalue weighted by atomic mass is 10.1. The van der Waals surface area contributed by atoms with E-state index in [9.17, 15) is 0 Å². The molecule has 0 saturated heterocycles. The Morgan fingerprint density at radius 1 is 1.57 bits per heavy atom. The van der Waals surface area contributed by atoms with Crippen molar-refractivity contribution in [3.8, 4) is 0 Å². The lowest BCUT2D eigenvalue weighted by Gasteiger charge is -1.97. The van der Waals surface area contributed by atoms with Gasteiger partial charge in [0, 0.05) is 0 Å². The van der Waals surface area contributed by atoms with Crippen molar-refractivity contribution in [1.29, 1.82) is 0 Å². The molecule has 42 valence electrons. The summed E-state index contributed by atoms with van der Waals surface area (Å²) < 4.78 is 0. The van der Waals surface area contributed by atoms with Gasteiger partial charge in [-0.3, -0.25) is 0 Å². The topological polar surface area (TPSA) is 20.2 Å². The van der Waals surface area contributed by atoms with Crippen molar-refractivity contribution in [2.24, 2.45) is 0 Å². The Morgan fingerprint density at radius 2 is 2.14 bits per heavy atom. The molecule has 0 aromatic rings. The van der Waals surface area contributed by atoms with Gasteiger partial charge in [0.25, 0.3) is 0 Å². The minimum atomic E-state index is 0.794. The molecule has 0 saturated carbocycles. The molecule has 0 unspecified atom stereocenters. The van der Waals surface area contributed by atoms with Gasteiger partial charge >= 0.3 is 0 Å². The third-order valence-electron chi connectivity index (χ3n) is 0.773. The molecule has 0 aliphatic heterocycles. The van der Waals surface area contributed by atoms with Gasteiger partial charge in [-0.2, -0.15) is 0 Å². The second kappa shape index (κ2) is 4.13. The van der Waals surface area contributed by atoms with E-state index in [2.05, 4.69) is 13.8 Å². The highest BCUT2D eigenvalue weighted by Crippen LogP contribution is 2.05. The van der Waals surface area contributed by atoms with Crippen molar-refractivity contribution in [3.05, 3.63) is 12.5 Å². The molecular weight excluding hydrogens is 88.1 g/mol. The zero-order valence-electron chi connectivity index (χ0n) is 4.94. The van der Waals surface area contributed by atoms with Crippen LogP contribution in [0.15, 0.2) is 0 Å². The van der Waals surface area contributed by atoms with Gasteiger partial charge in [0.15, 0.2) is 0 Å². The first-order valence-corrected chi connectivity index (χ1v) is 2.52. The lowest BCUT2D eigenvalue weighted by Crippen LogP contribution is -1.83. The second-order valence-electron chi connectivity index (χ2n) is 1.93. The number of aliphatic hydroxyl groups excluding tert-OH is 1. The van der Waals surface area contributed by atoms with Crippen molar-refractivity contribution in [2.45, 2.75) is 26.7 Å². The van der Waals surface area contributed by atoms with Crippen molar-refractivity contribution in [1.82, 2.24) is 0 Å². The van der Waals surface area contributed by atoms with E-state index in [4.69, 9.17) is 5.11 Å². The first kappa shape index (κ1) is 6.96. The van der Waals surface area contributed by atoms with Crippen LogP contribution in [0.3, 0.4) is 0 Å². The number of aliphatic hydroxyl groups is 1. The maximum Gasteiger partial charge on any atom is 0.0799 e. The molecule has 0 aromatic carbocycles. The van der Waals surface area contributed by atoms with Gasteiger partial charge < -0.3 is 5.11 Å². The van der Waals surface area contributed by atoms with E-state index >= 15 is 0 Å². The van der Waals surface area contributed by atoms with E-state index in [1.54, 1.807) is 0 Å². The first-order chi connectivity index (χ1) is 3.27. The Balaban J connectivity index is 2.68. The van der Waals surface area contributed by atoms with Gasteiger partial charge in [-0.25, -0.2) is 0 Å². The van der Waals surface area contributed by atoms with Crippen LogP contribution >= 0.6 is 0 Å². The average molecular weight is 100 g/mol. The van der Waals surface area contributed by atoms with E-state index in [0.717, 1.165) is 12.8 Å². The molecular formula is C6H12O. The Bertz CT molecular complexity index is 33.2. The predicted molar refractivity (Wildman–Crippen MR) is 30.1 cm³/mol. The summed E-state index contributed by atoms with van der Waals surface area (Å²) in [4.78, 5) is 0. The van der Waals surface area contributed by atoms with E-state index < -0.39 is 0 Å². The van der Waals surface area contributed by atoms with Crippen LogP contribution < -0.4 is 0 Å². The van der Waals surface area contributed by atoms with E-state index in [0.29, 0.717) is 0 Å². The SMILES string of the molecule is C[C](C)CC[CH]O. The smallest absolute Gasteiger partial charge is 0.0799 e. The third kappa shape index (κ3) is 5.96. The van der Waals surface area contributed by atoms with E-state index in [-0.39, 0.29) is 0 Å². The van der Waals surface area contributed by atoms with Crippen LogP contribution in [0.4, 0.5) is 0 Å². The molecule has 0 heterocycles. The number of rotatable bonds is 3. The largest absolute Gasteiger partial charge is 0.390 e. The van der Waals surface area contributed by atoms with Crippen molar-refractivity contribution in [3.63, 3.8) is 0 Å². The fourth-order valence-electron chi connectivity index (χ4n) is 0.353. The lowest BCUT2D eigenvalue weighted by molar-refractivity contribution is 0.372. The molecule has 0 aliphatic rings. The fourth-order valence-corrected chi connectivity index (χ4v) is 0.353. The normalized spacial score (nSPS) is 10.3. The van der Waals surface area contributed by atoms with Gasteiger partial charge in [0.05, 0.1) is 6.61 Å². The Hall–Kier alpha value is -0.0400. The summed E-state index contributed by atoms with van der Waals surface area (Å²) in [6, 6.07) is 0. The van der Waals surface area contributed by atoms with Crippen LogP contribution in [-0.4, -0.2) is 5.11 Å². The molecule has 2 radical (unpaired) electrons. The highest BCUT2D eigenvalue weighted by Gasteiger charge is 1.90. The maximum absolute atomic E-state index is 8.18. The number of hydrogen-bond acceptors (Lipinski definition) is 1. The molecule has 1 heteroatoms. The van der Waals surface area contributed by atoms with Crippen LogP contribution in [0.5, 0.6) is 0 Å². The molecule has 1 N–H and O–H groups in total. The van der Waals surface area contributed by atoms with E-state index in [1.165, 1.54) is 12.5 Å². The van der Waals surface area contributed by atoms with Crippen LogP contribution in [0, 0.1) is 12.5 Å². The summed E-state index contributed by atoms with van der Waals surface area (Å²) in [7, 11) is 0. The first-order valence-electron chi connectivity index (χ1n) is 2.52. The fraction of sp³-hybridized carbons (Fsp3) is 0.667. The summed E-state index contributed by atoms with van der Waals surface area (Å²) in [6.45, 7) is 5.32. The number of hydrogen-bond donors (Lipinski definition) is 1. The van der Waals surface area contributed by atoms with Gasteiger partial charge in [0.2, 0.25) is 0 Å². The zero-order chi connectivity index (χ0) is 5.70. The molecule has 1 nitrogen and oxygen atoms in total. The minimum Gasteiger partial charge on any atom is -0.390 e. The monoisotopic (exact) mass is 100 g/mol. The Kier molecular flexibility index (Phi) is 4.10. The van der Waals surface area contributed by atoms with Crippen LogP contribution in [0.2, 0.25) is 0 Å². The maximum atomic E-state index is 8.18. The molecule has 0 bridgehead atoms. The van der Waals surface area contributed by atoms with Crippen LogP contribution in [-0.2, 0) is 0 Å². The quantitative estimate of drug-likeness (QED) is 0.574. The average Bonchev–Trinajstić information content (AvgIpc) is 1.61. The summed E-state index contributed by atoms with van der Waals surface area (Å²) >= 11 is 0. The molecule has 0 amide bonds. The van der Waals surface area contributed by atoms with Crippen molar-refractivity contribution >= 4 is 0 Å². The third-order valence-corrected chi connectivity index (χ3v) is 0.773. The molecule has 7 heavy (non-hydrogen) atoms. The molecule has 0 spiro atoms. The summed E-state index contributed by atoms with van der Waals surface area (Å²) in [6.07, 6.45) is 1.80. The molecule has 0 aromatic heterocycles. The summed E-state index contributed by atoms with van der Waals surface area (Å²) in [5.74, 6) is 1.37. The Labute approximate surface area is 45.4 Å². The van der Waals surface area contributed by atoms with Crippen LogP contribution in [0.1, 0.15) is 26.7 Å². The molecule has 0 fully saturated rings. The molecule has 0 aliphatic carbocycles. The van der Waals surface area contributed by atoms with Crippen molar-refractivity contribution < 1.29 is 5.11 Å². The van der Waals surface area contributed by atoms with Gasteiger partial charge in [-0.05, 0) is 18.8 Å². The van der Waals surface area contributed by atoms with Gasteiger partial charge in [0.1, 0.15) is 0 Å². The molecule has 0 rings (SSSR count).